The second-order valence-corrected chi connectivity index (χ2v) is 4.25. The molecule has 0 saturated carbocycles. The number of nitrogens with zero attached hydrogens (tertiary/aromatic N) is 1. The minimum absolute atomic E-state index is 0.228. The highest BCUT2D eigenvalue weighted by atomic mass is 32.1. The number of hydrazone groups is 1. The van der Waals surface area contributed by atoms with E-state index in [0.717, 1.165) is 11.1 Å². The fraction of sp³-hybridized carbons (Fsp3) is 0.333. The number of thiocarbonyl (C=S) groups is 1. The first-order valence-electron chi connectivity index (χ1n) is 5.28. The number of nitrogens with one attached hydrogen (secondary N) is 2. The number of rotatable bonds is 2. The van der Waals surface area contributed by atoms with Gasteiger partial charge < -0.3 is 10.4 Å². The Morgan fingerprint density at radius 1 is 1.29 bits per heavy atom. The van der Waals surface area contributed by atoms with Crippen LogP contribution in [0.15, 0.2) is 17.2 Å². The van der Waals surface area contributed by atoms with E-state index in [1.54, 1.807) is 13.1 Å². The lowest BCUT2D eigenvalue weighted by Crippen LogP contribution is -2.29. The SMILES string of the molecule is CNC(=S)N/N=C(\C)c1cc(C)c(C)cc1O. The fourth-order valence-corrected chi connectivity index (χ4v) is 1.39. The maximum Gasteiger partial charge on any atom is 0.186 e. The molecule has 0 heterocycles. The molecule has 1 aromatic rings. The molecular weight excluding hydrogens is 234 g/mol. The van der Waals surface area contributed by atoms with Crippen LogP contribution < -0.4 is 10.7 Å². The third-order valence-electron chi connectivity index (χ3n) is 2.55. The second kappa shape index (κ2) is 5.63. The molecule has 0 aliphatic carbocycles. The molecule has 4 nitrogen and oxygen atoms in total. The average Bonchev–Trinajstić information content (AvgIpc) is 2.30. The van der Waals surface area contributed by atoms with Gasteiger partial charge in [-0.25, -0.2) is 0 Å². The summed E-state index contributed by atoms with van der Waals surface area (Å²) in [5.41, 5.74) is 6.25. The Labute approximate surface area is 107 Å². The summed E-state index contributed by atoms with van der Waals surface area (Å²) in [6.45, 7) is 5.77. The molecule has 3 N–H and O–H groups in total. The van der Waals surface area contributed by atoms with Gasteiger partial charge in [-0.05, 0) is 56.2 Å². The summed E-state index contributed by atoms with van der Waals surface area (Å²) in [6, 6.07) is 3.65. The van der Waals surface area contributed by atoms with Crippen molar-refractivity contribution >= 4 is 23.0 Å². The van der Waals surface area contributed by atoms with Crippen molar-refractivity contribution in [3.05, 3.63) is 28.8 Å². The predicted octanol–water partition coefficient (Wildman–Crippen LogP) is 1.83. The van der Waals surface area contributed by atoms with Gasteiger partial charge in [0.15, 0.2) is 5.11 Å². The predicted molar refractivity (Wildman–Crippen MR) is 74.6 cm³/mol. The maximum atomic E-state index is 9.85. The second-order valence-electron chi connectivity index (χ2n) is 3.84. The topological polar surface area (TPSA) is 56.7 Å². The van der Waals surface area contributed by atoms with E-state index in [2.05, 4.69) is 15.8 Å². The van der Waals surface area contributed by atoms with Crippen molar-refractivity contribution in [1.82, 2.24) is 10.7 Å². The van der Waals surface area contributed by atoms with Gasteiger partial charge in [-0.15, -0.1) is 0 Å². The van der Waals surface area contributed by atoms with Crippen molar-refractivity contribution in [3.63, 3.8) is 0 Å². The van der Waals surface area contributed by atoms with Crippen LogP contribution in [0.3, 0.4) is 0 Å². The third-order valence-corrected chi connectivity index (χ3v) is 2.85. The molecule has 0 aliphatic heterocycles. The lowest BCUT2D eigenvalue weighted by atomic mass is 10.0. The van der Waals surface area contributed by atoms with Crippen molar-refractivity contribution in [2.75, 3.05) is 7.05 Å². The smallest absolute Gasteiger partial charge is 0.186 e. The Kier molecular flexibility index (Phi) is 4.45. The minimum Gasteiger partial charge on any atom is -0.507 e. The molecule has 0 aliphatic rings. The van der Waals surface area contributed by atoms with Gasteiger partial charge >= 0.3 is 0 Å². The largest absolute Gasteiger partial charge is 0.507 e. The quantitative estimate of drug-likeness (QED) is 0.426. The Morgan fingerprint density at radius 3 is 2.47 bits per heavy atom. The molecule has 0 saturated heterocycles. The molecule has 0 amide bonds. The van der Waals surface area contributed by atoms with Crippen LogP contribution in [-0.4, -0.2) is 23.0 Å². The summed E-state index contributed by atoms with van der Waals surface area (Å²) in [5.74, 6) is 0.228. The molecule has 0 atom stereocenters. The first-order chi connectivity index (χ1) is 7.95. The van der Waals surface area contributed by atoms with Gasteiger partial charge in [0.2, 0.25) is 0 Å². The standard InChI is InChI=1S/C12H17N3OS/c1-7-5-10(11(16)6-8(7)2)9(3)14-15-12(17)13-4/h5-6,16H,1-4H3,(H2,13,15,17)/b14-9+. The molecule has 0 radical (unpaired) electrons. The summed E-state index contributed by atoms with van der Waals surface area (Å²) >= 11 is 4.91. The van der Waals surface area contributed by atoms with Gasteiger partial charge in [-0.2, -0.15) is 5.10 Å². The fourth-order valence-electron chi connectivity index (χ4n) is 1.34. The molecular formula is C12H17N3OS. The van der Waals surface area contributed by atoms with Crippen LogP contribution >= 0.6 is 12.2 Å². The van der Waals surface area contributed by atoms with E-state index in [9.17, 15) is 5.11 Å². The lowest BCUT2D eigenvalue weighted by Gasteiger charge is -2.09. The summed E-state index contributed by atoms with van der Waals surface area (Å²) in [6.07, 6.45) is 0. The lowest BCUT2D eigenvalue weighted by molar-refractivity contribution is 0.473. The molecule has 1 aromatic carbocycles. The van der Waals surface area contributed by atoms with E-state index in [-0.39, 0.29) is 5.75 Å². The molecule has 0 unspecified atom stereocenters. The Morgan fingerprint density at radius 2 is 1.88 bits per heavy atom. The summed E-state index contributed by atoms with van der Waals surface area (Å²) in [5, 5.41) is 17.1. The minimum atomic E-state index is 0.228. The van der Waals surface area contributed by atoms with E-state index >= 15 is 0 Å². The molecule has 1 rings (SSSR count). The molecule has 0 fully saturated rings. The van der Waals surface area contributed by atoms with Crippen molar-refractivity contribution in [3.8, 4) is 5.75 Å². The number of hydrogen-bond acceptors (Lipinski definition) is 3. The van der Waals surface area contributed by atoms with Crippen molar-refractivity contribution < 1.29 is 5.11 Å². The van der Waals surface area contributed by atoms with E-state index in [1.165, 1.54) is 0 Å². The number of phenols is 1. The van der Waals surface area contributed by atoms with Gasteiger partial charge in [0.05, 0.1) is 5.71 Å². The van der Waals surface area contributed by atoms with Crippen LogP contribution in [0.2, 0.25) is 0 Å². The monoisotopic (exact) mass is 251 g/mol. The maximum absolute atomic E-state index is 9.85. The van der Waals surface area contributed by atoms with Gasteiger partial charge in [0.25, 0.3) is 0 Å². The van der Waals surface area contributed by atoms with Gasteiger partial charge in [0.1, 0.15) is 5.75 Å². The number of benzene rings is 1. The summed E-state index contributed by atoms with van der Waals surface area (Å²) < 4.78 is 0. The summed E-state index contributed by atoms with van der Waals surface area (Å²) in [4.78, 5) is 0. The normalized spacial score (nSPS) is 11.2. The van der Waals surface area contributed by atoms with Crippen LogP contribution in [0.1, 0.15) is 23.6 Å². The van der Waals surface area contributed by atoms with Gasteiger partial charge in [-0.3, -0.25) is 5.43 Å². The first-order valence-corrected chi connectivity index (χ1v) is 5.69. The Bertz CT molecular complexity index is 469. The average molecular weight is 251 g/mol. The van der Waals surface area contributed by atoms with Crippen molar-refractivity contribution in [2.24, 2.45) is 5.10 Å². The molecule has 0 spiro atoms. The van der Waals surface area contributed by atoms with Crippen LogP contribution in [0.5, 0.6) is 5.75 Å². The van der Waals surface area contributed by atoms with E-state index < -0.39 is 0 Å². The summed E-state index contributed by atoms with van der Waals surface area (Å²) in [7, 11) is 1.72. The molecule has 17 heavy (non-hydrogen) atoms. The Balaban J connectivity index is 3.00. The van der Waals surface area contributed by atoms with Crippen molar-refractivity contribution in [1.29, 1.82) is 0 Å². The zero-order valence-electron chi connectivity index (χ0n) is 10.5. The zero-order chi connectivity index (χ0) is 13.0. The highest BCUT2D eigenvalue weighted by molar-refractivity contribution is 7.80. The van der Waals surface area contributed by atoms with E-state index in [1.807, 2.05) is 26.8 Å². The van der Waals surface area contributed by atoms with Crippen LogP contribution in [0.4, 0.5) is 0 Å². The van der Waals surface area contributed by atoms with Crippen molar-refractivity contribution in [2.45, 2.75) is 20.8 Å². The third kappa shape index (κ3) is 3.42. The van der Waals surface area contributed by atoms with Crippen LogP contribution in [-0.2, 0) is 0 Å². The number of aryl methyl sites for hydroxylation is 2. The van der Waals surface area contributed by atoms with E-state index in [4.69, 9.17) is 12.2 Å². The molecule has 5 heteroatoms. The number of hydrogen-bond donors (Lipinski definition) is 3. The molecule has 92 valence electrons. The first kappa shape index (κ1) is 13.4. The molecule has 0 bridgehead atoms. The van der Waals surface area contributed by atoms with E-state index in [0.29, 0.717) is 16.4 Å². The van der Waals surface area contributed by atoms with Gasteiger partial charge in [-0.1, -0.05) is 0 Å². The molecule has 0 aromatic heterocycles. The highest BCUT2D eigenvalue weighted by Gasteiger charge is 2.07. The van der Waals surface area contributed by atoms with Crippen LogP contribution in [0.25, 0.3) is 0 Å². The highest BCUT2D eigenvalue weighted by Crippen LogP contribution is 2.22. The van der Waals surface area contributed by atoms with Gasteiger partial charge in [0, 0.05) is 12.6 Å². The number of phenolic OH excluding ortho intramolecular Hbond substituents is 1. The van der Waals surface area contributed by atoms with Crippen LogP contribution in [0, 0.1) is 13.8 Å². The Hall–Kier alpha value is -1.62. The zero-order valence-corrected chi connectivity index (χ0v) is 11.3. The number of aromatic hydroxyl groups is 1.